The number of esters is 2. The minimum atomic E-state index is -4.53. The second-order valence-electron chi connectivity index (χ2n) is 15.5. The van der Waals surface area contributed by atoms with Crippen LogP contribution in [0, 0.1) is 0 Å². The van der Waals surface area contributed by atoms with Crippen LogP contribution in [0.4, 0.5) is 0 Å². The summed E-state index contributed by atoms with van der Waals surface area (Å²) in [6.07, 6.45) is 36.6. The summed E-state index contributed by atoms with van der Waals surface area (Å²) in [6, 6.07) is 0. The number of carbonyl (C=O) groups excluding carboxylic acids is 2. The summed E-state index contributed by atoms with van der Waals surface area (Å²) in [7, 11) is -4.53. The van der Waals surface area contributed by atoms with Gasteiger partial charge in [-0.25, -0.2) is 4.57 Å². The fourth-order valence-electron chi connectivity index (χ4n) is 6.62. The zero-order chi connectivity index (χ0) is 41.2. The molecule has 0 amide bonds. The molecule has 0 aromatic heterocycles. The van der Waals surface area contributed by atoms with Gasteiger partial charge in [0.15, 0.2) is 6.10 Å². The summed E-state index contributed by atoms with van der Waals surface area (Å²) < 4.78 is 33.4. The van der Waals surface area contributed by atoms with Crippen LogP contribution in [-0.2, 0) is 32.7 Å². The van der Waals surface area contributed by atoms with E-state index in [0.717, 1.165) is 38.5 Å². The highest BCUT2D eigenvalue weighted by Gasteiger charge is 2.26. The third kappa shape index (κ3) is 41.0. The van der Waals surface area contributed by atoms with Crippen molar-refractivity contribution in [2.45, 2.75) is 232 Å². The second kappa shape index (κ2) is 42.0. The molecular weight excluding hydrogens is 750 g/mol. The van der Waals surface area contributed by atoms with Crippen molar-refractivity contribution in [1.82, 2.24) is 0 Å². The van der Waals surface area contributed by atoms with Gasteiger partial charge in [0, 0.05) is 12.8 Å². The quantitative estimate of drug-likeness (QED) is 0.0153. The Morgan fingerprint density at radius 2 is 0.946 bits per heavy atom. The van der Waals surface area contributed by atoms with E-state index in [0.29, 0.717) is 12.2 Å². The van der Waals surface area contributed by atoms with Gasteiger partial charge >= 0.3 is 19.8 Å². The highest BCUT2D eigenvalue weighted by atomic mass is 32.1. The molecule has 0 aromatic rings. The van der Waals surface area contributed by atoms with Crippen molar-refractivity contribution in [2.24, 2.45) is 4.99 Å². The van der Waals surface area contributed by atoms with E-state index >= 15 is 0 Å². The fraction of sp³-hybridized carbons (Fsp3) is 0.932. The third-order valence-electron chi connectivity index (χ3n) is 10.1. The summed E-state index contributed by atoms with van der Waals surface area (Å²) >= 11 is 3.98. The average molecular weight is 835 g/mol. The molecule has 0 saturated carbocycles. The summed E-state index contributed by atoms with van der Waals surface area (Å²) in [6.45, 7) is 3.34. The normalized spacial score (nSPS) is 13.5. The number of nitrogens with zero attached hydrogens (tertiary/aromatic N) is 1. The lowest BCUT2D eigenvalue weighted by Crippen LogP contribution is -2.29. The van der Waals surface area contributed by atoms with Crippen molar-refractivity contribution in [3.05, 3.63) is 0 Å². The standard InChI is InChI=1S/C44H86NO9PS/c1-3-5-7-9-11-13-15-17-19-21-23-25-27-29-31-33-43(47)51-39-41(40-53-55(49,50)52-37-36-45-42(46)35-38-56)54-44(48)34-32-30-28-26-24-22-20-18-16-14-12-10-8-6-4-2/h41,56H,3-40H2,1-2H3,(H,45,46)(H,49,50)/p-1. The first-order valence-electron chi connectivity index (χ1n) is 23.0. The van der Waals surface area contributed by atoms with Crippen molar-refractivity contribution in [1.29, 1.82) is 0 Å². The van der Waals surface area contributed by atoms with Crippen LogP contribution >= 0.6 is 20.5 Å². The van der Waals surface area contributed by atoms with Gasteiger partial charge in [-0.05, 0) is 30.9 Å². The van der Waals surface area contributed by atoms with Crippen LogP contribution < -0.4 is 5.11 Å². The van der Waals surface area contributed by atoms with E-state index in [1.807, 2.05) is 0 Å². The van der Waals surface area contributed by atoms with E-state index in [9.17, 15) is 24.2 Å². The molecule has 0 aliphatic heterocycles. The molecule has 1 N–H and O–H groups in total. The Labute approximate surface area is 348 Å². The molecule has 332 valence electrons. The lowest BCUT2D eigenvalue weighted by atomic mass is 10.0. The molecule has 2 atom stereocenters. The van der Waals surface area contributed by atoms with Crippen LogP contribution in [-0.4, -0.2) is 61.0 Å². The molecule has 0 fully saturated rings. The lowest BCUT2D eigenvalue weighted by molar-refractivity contribution is -0.218. The van der Waals surface area contributed by atoms with Gasteiger partial charge in [0.05, 0.1) is 19.8 Å². The van der Waals surface area contributed by atoms with Crippen LogP contribution in [0.1, 0.15) is 226 Å². The van der Waals surface area contributed by atoms with Crippen molar-refractivity contribution in [2.75, 3.05) is 32.1 Å². The number of phosphoric ester groups is 1. The molecule has 0 heterocycles. The molecule has 0 aliphatic rings. The maximum absolute atomic E-state index is 12.7. The average Bonchev–Trinajstić information content (AvgIpc) is 3.17. The largest absolute Gasteiger partial charge is 0.862 e. The van der Waals surface area contributed by atoms with Gasteiger partial charge in [-0.15, -0.1) is 0 Å². The second-order valence-corrected chi connectivity index (χ2v) is 17.4. The maximum atomic E-state index is 12.7. The molecule has 0 rings (SSSR count). The van der Waals surface area contributed by atoms with Gasteiger partial charge in [0.25, 0.3) is 0 Å². The highest BCUT2D eigenvalue weighted by Crippen LogP contribution is 2.43. The molecule has 0 aromatic carbocycles. The van der Waals surface area contributed by atoms with Gasteiger partial charge in [-0.1, -0.05) is 194 Å². The topological polar surface area (TPSA) is 144 Å². The van der Waals surface area contributed by atoms with E-state index in [1.165, 1.54) is 148 Å². The molecule has 0 spiro atoms. The van der Waals surface area contributed by atoms with Gasteiger partial charge in [-0.2, -0.15) is 12.6 Å². The Hall–Kier alpha value is -1.13. The Morgan fingerprint density at radius 1 is 0.571 bits per heavy atom. The SMILES string of the molecule is CCCCCCCCCCCCCCCCCC(=O)OCC(COP(=O)(O)OCCN=C([O-])CCS)OC(=O)CCCCCCCCCCCCCCCCC. The van der Waals surface area contributed by atoms with Crippen LogP contribution in [0.5, 0.6) is 0 Å². The summed E-state index contributed by atoms with van der Waals surface area (Å²) in [5, 5.41) is 11.5. The third-order valence-corrected chi connectivity index (χ3v) is 11.3. The predicted molar refractivity (Wildman–Crippen MR) is 232 cm³/mol. The molecule has 0 radical (unpaired) electrons. The Morgan fingerprint density at radius 3 is 1.34 bits per heavy atom. The molecule has 0 saturated heterocycles. The van der Waals surface area contributed by atoms with E-state index in [-0.39, 0.29) is 44.9 Å². The highest BCUT2D eigenvalue weighted by molar-refractivity contribution is 7.80. The van der Waals surface area contributed by atoms with Crippen molar-refractivity contribution in [3.8, 4) is 0 Å². The van der Waals surface area contributed by atoms with Crippen LogP contribution in [0.15, 0.2) is 4.99 Å². The monoisotopic (exact) mass is 835 g/mol. The Balaban J connectivity index is 4.38. The first-order valence-corrected chi connectivity index (χ1v) is 25.1. The number of unbranched alkanes of at least 4 members (excludes halogenated alkanes) is 28. The zero-order valence-corrected chi connectivity index (χ0v) is 37.8. The zero-order valence-electron chi connectivity index (χ0n) is 36.0. The number of thiol groups is 1. The fourth-order valence-corrected chi connectivity index (χ4v) is 7.55. The Bertz CT molecular complexity index is 971. The van der Waals surface area contributed by atoms with Crippen LogP contribution in [0.25, 0.3) is 0 Å². The summed E-state index contributed by atoms with van der Waals surface area (Å²) in [4.78, 5) is 39.0. The first-order chi connectivity index (χ1) is 27.2. The van der Waals surface area contributed by atoms with Crippen LogP contribution in [0.3, 0.4) is 0 Å². The molecule has 12 heteroatoms. The summed E-state index contributed by atoms with van der Waals surface area (Å²) in [5.74, 6) is -0.889. The minimum Gasteiger partial charge on any atom is -0.862 e. The predicted octanol–water partition coefficient (Wildman–Crippen LogP) is 12.2. The van der Waals surface area contributed by atoms with Crippen LogP contribution in [0.2, 0.25) is 0 Å². The number of rotatable bonds is 44. The van der Waals surface area contributed by atoms with E-state index < -0.39 is 32.5 Å². The minimum absolute atomic E-state index is 0.102. The van der Waals surface area contributed by atoms with Gasteiger partial charge in [0.1, 0.15) is 6.61 Å². The molecular formula is C44H85NO9PS-. The number of phosphoric acid groups is 1. The van der Waals surface area contributed by atoms with Gasteiger partial charge in [0.2, 0.25) is 0 Å². The van der Waals surface area contributed by atoms with E-state index in [2.05, 4.69) is 31.5 Å². The van der Waals surface area contributed by atoms with Crippen molar-refractivity contribution in [3.63, 3.8) is 0 Å². The van der Waals surface area contributed by atoms with Crippen molar-refractivity contribution < 1.29 is 42.7 Å². The maximum Gasteiger partial charge on any atom is 0.472 e. The number of hydrogen-bond donors (Lipinski definition) is 2. The molecule has 56 heavy (non-hydrogen) atoms. The number of carbonyl (C=O) groups is 2. The molecule has 2 unspecified atom stereocenters. The van der Waals surface area contributed by atoms with Gasteiger partial charge < -0.3 is 24.5 Å². The first kappa shape index (κ1) is 54.9. The number of ether oxygens (including phenoxy) is 2. The number of aliphatic imine (C=N–C) groups is 1. The Kier molecular flexibility index (Phi) is 41.2. The molecule has 0 aliphatic carbocycles. The van der Waals surface area contributed by atoms with E-state index in [4.69, 9.17) is 18.5 Å². The van der Waals surface area contributed by atoms with Gasteiger partial charge in [-0.3, -0.25) is 18.6 Å². The van der Waals surface area contributed by atoms with Crippen molar-refractivity contribution >= 4 is 38.3 Å². The smallest absolute Gasteiger partial charge is 0.472 e. The molecule has 0 bridgehead atoms. The van der Waals surface area contributed by atoms with E-state index in [1.54, 1.807) is 0 Å². The number of hydrogen-bond acceptors (Lipinski definition) is 10. The summed E-state index contributed by atoms with van der Waals surface area (Å²) in [5.41, 5.74) is 0. The lowest BCUT2D eigenvalue weighted by Gasteiger charge is -2.20. The molecule has 10 nitrogen and oxygen atoms in total.